The van der Waals surface area contributed by atoms with Crippen LogP contribution in [0.2, 0.25) is 0 Å². The fourth-order valence-electron chi connectivity index (χ4n) is 3.86. The van der Waals surface area contributed by atoms with Crippen LogP contribution in [0.5, 0.6) is 5.75 Å². The van der Waals surface area contributed by atoms with E-state index in [0.717, 1.165) is 6.21 Å². The molecule has 0 bridgehead atoms. The van der Waals surface area contributed by atoms with Gasteiger partial charge in [-0.1, -0.05) is 0 Å². The molecule has 3 heterocycles. The summed E-state index contributed by atoms with van der Waals surface area (Å²) in [5.41, 5.74) is 0. The molecule has 1 unspecified atom stereocenters. The zero-order valence-corrected chi connectivity index (χ0v) is 17.4. The molecule has 2 fully saturated rings. The zero-order chi connectivity index (χ0) is 22.0. The number of alkyl halides is 2. The van der Waals surface area contributed by atoms with Crippen LogP contribution in [0.25, 0.3) is 0 Å². The molecule has 2 N–H and O–H groups in total. The number of pyridine rings is 1. The molecule has 1 aromatic rings. The molecule has 4 rings (SSSR count). The molecular formula is C21H27F2N5O3. The van der Waals surface area contributed by atoms with Crippen molar-refractivity contribution in [3.8, 4) is 5.75 Å². The third-order valence-corrected chi connectivity index (χ3v) is 6.14. The second-order valence-corrected chi connectivity index (χ2v) is 8.50. The number of nitrogens with zero attached hydrogens (tertiary/aromatic N) is 3. The van der Waals surface area contributed by atoms with Gasteiger partial charge in [0.15, 0.2) is 0 Å². The lowest BCUT2D eigenvalue weighted by molar-refractivity contribution is -0.135. The third-order valence-electron chi connectivity index (χ3n) is 6.14. The monoisotopic (exact) mass is 435 g/mol. The van der Waals surface area contributed by atoms with Gasteiger partial charge in [0.2, 0.25) is 5.91 Å². The number of hydrogen-bond acceptors (Lipinski definition) is 6. The summed E-state index contributed by atoms with van der Waals surface area (Å²) in [6.45, 7) is 2.56. The smallest absolute Gasteiger partial charge is 0.262 e. The van der Waals surface area contributed by atoms with E-state index in [0.29, 0.717) is 24.1 Å². The first-order chi connectivity index (χ1) is 14.8. The lowest BCUT2D eigenvalue weighted by atomic mass is 9.86. The predicted octanol–water partition coefficient (Wildman–Crippen LogP) is 1.72. The summed E-state index contributed by atoms with van der Waals surface area (Å²) in [4.78, 5) is 33.9. The fraction of sp³-hybridized carbons (Fsp3) is 0.619. The van der Waals surface area contributed by atoms with E-state index in [1.807, 2.05) is 0 Å². The first-order valence-electron chi connectivity index (χ1n) is 10.6. The normalized spacial score (nSPS) is 26.7. The Kier molecular flexibility index (Phi) is 6.17. The first-order valence-corrected chi connectivity index (χ1v) is 10.6. The summed E-state index contributed by atoms with van der Waals surface area (Å²) in [6, 6.07) is 2.09. The van der Waals surface area contributed by atoms with Gasteiger partial charge in [0.1, 0.15) is 11.6 Å². The highest BCUT2D eigenvalue weighted by Crippen LogP contribution is 2.37. The minimum absolute atomic E-state index is 0.0147. The maximum absolute atomic E-state index is 14.6. The quantitative estimate of drug-likeness (QED) is 0.680. The van der Waals surface area contributed by atoms with Crippen molar-refractivity contribution >= 4 is 23.8 Å². The van der Waals surface area contributed by atoms with E-state index in [1.165, 1.54) is 12.8 Å². The van der Waals surface area contributed by atoms with Gasteiger partial charge in [-0.3, -0.25) is 19.5 Å². The SMILES string of the molecule is C[C@@H](C(=O)Nc1ccc(OCC2CC2)cn1)N1CCC(F)(F)[C@@H](C2CNC(=O)C=N2)C1. The average molecular weight is 435 g/mol. The van der Waals surface area contributed by atoms with Crippen molar-refractivity contribution in [3.05, 3.63) is 18.3 Å². The van der Waals surface area contributed by atoms with E-state index in [9.17, 15) is 18.4 Å². The summed E-state index contributed by atoms with van der Waals surface area (Å²) in [6.07, 6.45) is 4.66. The molecule has 3 aliphatic rings. The number of aliphatic imine (C=N–C) groups is 1. The van der Waals surface area contributed by atoms with Crippen molar-refractivity contribution in [2.24, 2.45) is 16.8 Å². The summed E-state index contributed by atoms with van der Waals surface area (Å²) in [7, 11) is 0. The zero-order valence-electron chi connectivity index (χ0n) is 17.4. The molecule has 1 aromatic heterocycles. The fourth-order valence-corrected chi connectivity index (χ4v) is 3.86. The Morgan fingerprint density at radius 1 is 1.42 bits per heavy atom. The van der Waals surface area contributed by atoms with Crippen LogP contribution < -0.4 is 15.4 Å². The summed E-state index contributed by atoms with van der Waals surface area (Å²) in [5.74, 6) is -3.01. The van der Waals surface area contributed by atoms with Gasteiger partial charge in [-0.15, -0.1) is 0 Å². The number of likely N-dealkylation sites (tertiary alicyclic amines) is 1. The number of nitrogens with one attached hydrogen (secondary N) is 2. The van der Waals surface area contributed by atoms with Crippen molar-refractivity contribution in [3.63, 3.8) is 0 Å². The topological polar surface area (TPSA) is 95.9 Å². The van der Waals surface area contributed by atoms with Crippen LogP contribution >= 0.6 is 0 Å². The molecule has 3 atom stereocenters. The molecule has 1 saturated carbocycles. The molecule has 0 spiro atoms. The second-order valence-electron chi connectivity index (χ2n) is 8.50. The molecule has 0 radical (unpaired) electrons. The van der Waals surface area contributed by atoms with E-state index in [-0.39, 0.29) is 37.9 Å². The molecule has 2 amide bonds. The number of amides is 2. The first kappa shape index (κ1) is 21.6. The molecule has 0 aromatic carbocycles. The number of carbonyl (C=O) groups excluding carboxylic acids is 2. The molecule has 10 heteroatoms. The summed E-state index contributed by atoms with van der Waals surface area (Å²) < 4.78 is 34.7. The Morgan fingerprint density at radius 3 is 2.87 bits per heavy atom. The molecule has 1 aliphatic carbocycles. The van der Waals surface area contributed by atoms with Crippen molar-refractivity contribution in [1.82, 2.24) is 15.2 Å². The van der Waals surface area contributed by atoms with Crippen LogP contribution in [0.3, 0.4) is 0 Å². The van der Waals surface area contributed by atoms with Gasteiger partial charge >= 0.3 is 0 Å². The van der Waals surface area contributed by atoms with Crippen molar-refractivity contribution < 1.29 is 23.1 Å². The second kappa shape index (κ2) is 8.86. The number of aromatic nitrogens is 1. The Balaban J connectivity index is 1.34. The molecule has 2 aliphatic heterocycles. The third kappa shape index (κ3) is 5.36. The number of rotatable bonds is 7. The largest absolute Gasteiger partial charge is 0.492 e. The standard InChI is InChI=1S/C21H27F2N5O3/c1-13(20(30)27-18-5-4-15(8-25-18)31-12-14-2-3-14)28-7-6-21(22,23)16(11-28)17-9-26-19(29)10-24-17/h4-5,8,10,13-14,16-17H,2-3,6-7,9,11-12H2,1H3,(H,26,29)(H,25,27,30)/t13-,16+,17?/m0/s1. The van der Waals surface area contributed by atoms with Crippen LogP contribution in [0.15, 0.2) is 23.3 Å². The summed E-state index contributed by atoms with van der Waals surface area (Å²) >= 11 is 0. The molecule has 31 heavy (non-hydrogen) atoms. The highest BCUT2D eigenvalue weighted by molar-refractivity contribution is 6.26. The Morgan fingerprint density at radius 2 is 2.23 bits per heavy atom. The minimum atomic E-state index is -2.91. The number of carbonyl (C=O) groups is 2. The lowest BCUT2D eigenvalue weighted by Crippen LogP contribution is -2.58. The van der Waals surface area contributed by atoms with Crippen molar-refractivity contribution in [1.29, 1.82) is 0 Å². The van der Waals surface area contributed by atoms with E-state index in [1.54, 1.807) is 30.2 Å². The van der Waals surface area contributed by atoms with Gasteiger partial charge in [-0.05, 0) is 37.8 Å². The van der Waals surface area contributed by atoms with Gasteiger partial charge in [0.25, 0.3) is 11.8 Å². The predicted molar refractivity (Wildman–Crippen MR) is 110 cm³/mol. The number of piperidine rings is 1. The van der Waals surface area contributed by atoms with Crippen LogP contribution in [0, 0.1) is 11.8 Å². The Hall–Kier alpha value is -2.62. The number of ether oxygens (including phenoxy) is 1. The van der Waals surface area contributed by atoms with Gasteiger partial charge in [0, 0.05) is 26.1 Å². The maximum Gasteiger partial charge on any atom is 0.262 e. The molecule has 8 nitrogen and oxygen atoms in total. The van der Waals surface area contributed by atoms with Gasteiger partial charge in [-0.25, -0.2) is 13.8 Å². The average Bonchev–Trinajstić information content (AvgIpc) is 3.58. The molecule has 1 saturated heterocycles. The van der Waals surface area contributed by atoms with Gasteiger partial charge in [-0.2, -0.15) is 0 Å². The van der Waals surface area contributed by atoms with E-state index in [2.05, 4.69) is 20.6 Å². The minimum Gasteiger partial charge on any atom is -0.492 e. The van der Waals surface area contributed by atoms with Gasteiger partial charge < -0.3 is 15.4 Å². The molecule has 168 valence electrons. The lowest BCUT2D eigenvalue weighted by Gasteiger charge is -2.43. The van der Waals surface area contributed by atoms with Crippen LogP contribution in [0.1, 0.15) is 26.2 Å². The van der Waals surface area contributed by atoms with Crippen LogP contribution in [-0.2, 0) is 9.59 Å². The van der Waals surface area contributed by atoms with Crippen LogP contribution in [0.4, 0.5) is 14.6 Å². The Bertz CT molecular complexity index is 844. The maximum atomic E-state index is 14.6. The highest BCUT2D eigenvalue weighted by Gasteiger charge is 2.49. The van der Waals surface area contributed by atoms with Crippen molar-refractivity contribution in [2.45, 2.75) is 44.2 Å². The van der Waals surface area contributed by atoms with E-state index in [4.69, 9.17) is 4.74 Å². The Labute approximate surface area is 179 Å². The number of anilines is 1. The molecular weight excluding hydrogens is 408 g/mol. The summed E-state index contributed by atoms with van der Waals surface area (Å²) in [5, 5.41) is 5.29. The van der Waals surface area contributed by atoms with Gasteiger partial charge in [0.05, 0.1) is 37.0 Å². The van der Waals surface area contributed by atoms with Crippen LogP contribution in [-0.4, -0.2) is 72.2 Å². The van der Waals surface area contributed by atoms with Crippen molar-refractivity contribution in [2.75, 3.05) is 31.6 Å². The van der Waals surface area contributed by atoms with E-state index >= 15 is 0 Å². The number of hydrogen-bond donors (Lipinski definition) is 2. The number of halogens is 2. The highest BCUT2D eigenvalue weighted by atomic mass is 19.3. The van der Waals surface area contributed by atoms with E-state index < -0.39 is 23.9 Å².